The van der Waals surface area contributed by atoms with E-state index < -0.39 is 0 Å². The summed E-state index contributed by atoms with van der Waals surface area (Å²) in [4.78, 5) is 18.5. The molecule has 23 heavy (non-hydrogen) atoms. The molecule has 1 amide bonds. The predicted octanol–water partition coefficient (Wildman–Crippen LogP) is 3.19. The van der Waals surface area contributed by atoms with Crippen molar-refractivity contribution < 1.29 is 4.79 Å². The van der Waals surface area contributed by atoms with E-state index in [9.17, 15) is 4.79 Å². The van der Waals surface area contributed by atoms with Crippen LogP contribution in [0.15, 0.2) is 73.2 Å². The minimum Gasteiger partial charge on any atom is -0.341 e. The van der Waals surface area contributed by atoms with Gasteiger partial charge in [-0.15, -0.1) is 0 Å². The summed E-state index contributed by atoms with van der Waals surface area (Å²) in [6.07, 6.45) is 6.49. The summed E-state index contributed by atoms with van der Waals surface area (Å²) in [7, 11) is 1.82. The summed E-state index contributed by atoms with van der Waals surface area (Å²) in [6.45, 7) is 0.648. The van der Waals surface area contributed by atoms with Crippen LogP contribution in [0.5, 0.6) is 0 Å². The molecule has 0 bridgehead atoms. The summed E-state index contributed by atoms with van der Waals surface area (Å²) in [5.41, 5.74) is 2.74. The van der Waals surface area contributed by atoms with Gasteiger partial charge in [-0.3, -0.25) is 9.78 Å². The summed E-state index contributed by atoms with van der Waals surface area (Å²) >= 11 is 0. The first kappa shape index (κ1) is 15.0. The lowest BCUT2D eigenvalue weighted by atomic mass is 10.1. The number of carbonyl (C=O) groups is 1. The van der Waals surface area contributed by atoms with Gasteiger partial charge in [0.1, 0.15) is 0 Å². The summed E-state index contributed by atoms with van der Waals surface area (Å²) in [5.74, 6) is 0.0278. The van der Waals surface area contributed by atoms with Crippen LogP contribution in [-0.4, -0.2) is 34.0 Å². The molecule has 0 saturated heterocycles. The Labute approximate surface area is 136 Å². The molecule has 0 unspecified atom stereocenters. The van der Waals surface area contributed by atoms with E-state index in [1.807, 2.05) is 78.6 Å². The molecular formula is C19H19N3O. The Hall–Kier alpha value is -2.88. The van der Waals surface area contributed by atoms with Crippen molar-refractivity contribution in [3.05, 3.63) is 84.4 Å². The normalized spacial score (nSPS) is 10.5. The molecule has 0 aliphatic rings. The molecule has 0 aliphatic heterocycles. The van der Waals surface area contributed by atoms with Crippen LogP contribution in [0.25, 0.3) is 5.69 Å². The smallest absolute Gasteiger partial charge is 0.253 e. The second-order valence-electron chi connectivity index (χ2n) is 5.43. The minimum absolute atomic E-state index is 0.0278. The number of amides is 1. The van der Waals surface area contributed by atoms with Gasteiger partial charge in [-0.1, -0.05) is 6.07 Å². The van der Waals surface area contributed by atoms with Crippen LogP contribution in [0.2, 0.25) is 0 Å². The number of rotatable bonds is 5. The van der Waals surface area contributed by atoms with Gasteiger partial charge >= 0.3 is 0 Å². The molecular weight excluding hydrogens is 286 g/mol. The van der Waals surface area contributed by atoms with Gasteiger partial charge in [0.2, 0.25) is 0 Å². The van der Waals surface area contributed by atoms with E-state index in [2.05, 4.69) is 4.98 Å². The average Bonchev–Trinajstić information content (AvgIpc) is 3.15. The third-order valence-electron chi connectivity index (χ3n) is 3.79. The Morgan fingerprint density at radius 1 is 1.04 bits per heavy atom. The monoisotopic (exact) mass is 305 g/mol. The van der Waals surface area contributed by atoms with E-state index in [-0.39, 0.29) is 5.91 Å². The number of hydrogen-bond donors (Lipinski definition) is 0. The Morgan fingerprint density at radius 3 is 2.43 bits per heavy atom. The zero-order valence-corrected chi connectivity index (χ0v) is 13.1. The lowest BCUT2D eigenvalue weighted by Gasteiger charge is -2.17. The molecule has 0 spiro atoms. The minimum atomic E-state index is 0.0278. The molecule has 0 radical (unpaired) electrons. The fourth-order valence-electron chi connectivity index (χ4n) is 2.43. The molecule has 4 nitrogen and oxygen atoms in total. The fraction of sp³-hybridized carbons (Fsp3) is 0.158. The van der Waals surface area contributed by atoms with Crippen LogP contribution in [0, 0.1) is 0 Å². The third kappa shape index (κ3) is 3.66. The maximum absolute atomic E-state index is 12.5. The Morgan fingerprint density at radius 2 is 1.78 bits per heavy atom. The predicted molar refractivity (Wildman–Crippen MR) is 90.7 cm³/mol. The van der Waals surface area contributed by atoms with E-state index in [1.54, 1.807) is 11.1 Å². The maximum Gasteiger partial charge on any atom is 0.253 e. The topological polar surface area (TPSA) is 38.1 Å². The molecule has 0 atom stereocenters. The molecule has 0 N–H and O–H groups in total. The molecule has 0 saturated carbocycles. The largest absolute Gasteiger partial charge is 0.341 e. The Bertz CT molecular complexity index is 749. The van der Waals surface area contributed by atoms with Crippen LogP contribution < -0.4 is 0 Å². The van der Waals surface area contributed by atoms with Crippen LogP contribution in [0.1, 0.15) is 16.1 Å². The first-order chi connectivity index (χ1) is 11.2. The lowest BCUT2D eigenvalue weighted by Crippen LogP contribution is -2.29. The molecule has 0 aliphatic carbocycles. The van der Waals surface area contributed by atoms with E-state index in [4.69, 9.17) is 0 Å². The van der Waals surface area contributed by atoms with Crippen molar-refractivity contribution in [2.24, 2.45) is 0 Å². The molecule has 4 heteroatoms. The molecule has 3 rings (SSSR count). The van der Waals surface area contributed by atoms with Crippen molar-refractivity contribution in [1.29, 1.82) is 0 Å². The van der Waals surface area contributed by atoms with E-state index >= 15 is 0 Å². The van der Waals surface area contributed by atoms with Crippen LogP contribution in [-0.2, 0) is 6.42 Å². The number of nitrogens with zero attached hydrogens (tertiary/aromatic N) is 3. The van der Waals surface area contributed by atoms with Gasteiger partial charge in [-0.05, 0) is 48.5 Å². The van der Waals surface area contributed by atoms with Gasteiger partial charge in [0, 0.05) is 55.5 Å². The summed E-state index contributed by atoms with van der Waals surface area (Å²) in [5, 5.41) is 0. The summed E-state index contributed by atoms with van der Waals surface area (Å²) in [6, 6.07) is 17.4. The highest BCUT2D eigenvalue weighted by Crippen LogP contribution is 2.11. The maximum atomic E-state index is 12.5. The highest BCUT2D eigenvalue weighted by Gasteiger charge is 2.11. The molecule has 0 fully saturated rings. The van der Waals surface area contributed by atoms with Crippen LogP contribution in [0.3, 0.4) is 0 Å². The average molecular weight is 305 g/mol. The molecule has 1 aromatic carbocycles. The van der Waals surface area contributed by atoms with E-state index in [0.29, 0.717) is 12.1 Å². The van der Waals surface area contributed by atoms with Crippen molar-refractivity contribution in [1.82, 2.24) is 14.5 Å². The highest BCUT2D eigenvalue weighted by molar-refractivity contribution is 5.94. The van der Waals surface area contributed by atoms with Crippen molar-refractivity contribution in [2.45, 2.75) is 6.42 Å². The first-order valence-corrected chi connectivity index (χ1v) is 7.63. The van der Waals surface area contributed by atoms with Gasteiger partial charge in [-0.2, -0.15) is 0 Å². The first-order valence-electron chi connectivity index (χ1n) is 7.63. The lowest BCUT2D eigenvalue weighted by molar-refractivity contribution is 0.0796. The number of pyridine rings is 1. The SMILES string of the molecule is CN(CCc1ccccn1)C(=O)c1ccc(-n2cccc2)cc1. The number of likely N-dealkylation sites (N-methyl/N-ethyl adjacent to an activating group) is 1. The van der Waals surface area contributed by atoms with Gasteiger partial charge in [0.05, 0.1) is 0 Å². The van der Waals surface area contributed by atoms with Crippen molar-refractivity contribution >= 4 is 5.91 Å². The quantitative estimate of drug-likeness (QED) is 0.726. The molecule has 3 aromatic rings. The van der Waals surface area contributed by atoms with Crippen LogP contribution >= 0.6 is 0 Å². The second-order valence-corrected chi connectivity index (χ2v) is 5.43. The van der Waals surface area contributed by atoms with E-state index in [0.717, 1.165) is 17.8 Å². The molecule has 2 aromatic heterocycles. The number of hydrogen-bond acceptors (Lipinski definition) is 2. The molecule has 116 valence electrons. The zero-order valence-electron chi connectivity index (χ0n) is 13.1. The Kier molecular flexibility index (Phi) is 4.52. The van der Waals surface area contributed by atoms with Crippen molar-refractivity contribution in [2.75, 3.05) is 13.6 Å². The number of carbonyl (C=O) groups excluding carboxylic acids is 1. The number of aromatic nitrogens is 2. The van der Waals surface area contributed by atoms with Crippen molar-refractivity contribution in [3.63, 3.8) is 0 Å². The standard InChI is InChI=1S/C19H19N3O/c1-21(15-11-17-6-2-3-12-20-17)19(23)16-7-9-18(10-8-16)22-13-4-5-14-22/h2-10,12-14H,11,15H2,1H3. The van der Waals surface area contributed by atoms with Gasteiger partial charge in [0.15, 0.2) is 0 Å². The van der Waals surface area contributed by atoms with Gasteiger partial charge < -0.3 is 9.47 Å². The second kappa shape index (κ2) is 6.92. The van der Waals surface area contributed by atoms with Crippen molar-refractivity contribution in [3.8, 4) is 5.69 Å². The van der Waals surface area contributed by atoms with Crippen LogP contribution in [0.4, 0.5) is 0 Å². The van der Waals surface area contributed by atoms with E-state index in [1.165, 1.54) is 0 Å². The van der Waals surface area contributed by atoms with Gasteiger partial charge in [0.25, 0.3) is 5.91 Å². The summed E-state index contributed by atoms with van der Waals surface area (Å²) < 4.78 is 2.01. The fourth-order valence-corrected chi connectivity index (χ4v) is 2.43. The highest BCUT2D eigenvalue weighted by atomic mass is 16.2. The molecule has 2 heterocycles. The zero-order chi connectivity index (χ0) is 16.1. The van der Waals surface area contributed by atoms with Gasteiger partial charge in [-0.25, -0.2) is 0 Å². The third-order valence-corrected chi connectivity index (χ3v) is 3.79. The Balaban J connectivity index is 1.63. The number of benzene rings is 1.